The third kappa shape index (κ3) is 4.56. The number of hydrogen-bond donors (Lipinski definition) is 2. The average Bonchev–Trinajstić information content (AvgIpc) is 3.24. The van der Waals surface area contributed by atoms with Crippen molar-refractivity contribution in [3.8, 4) is 5.75 Å². The van der Waals surface area contributed by atoms with E-state index in [1.165, 1.54) is 0 Å². The van der Waals surface area contributed by atoms with Crippen molar-refractivity contribution >= 4 is 25.8 Å². The highest BCUT2D eigenvalue weighted by molar-refractivity contribution is 6.71. The highest BCUT2D eigenvalue weighted by Gasteiger charge is 2.48. The highest BCUT2D eigenvalue weighted by atomic mass is 28.4. The third-order valence-electron chi connectivity index (χ3n) is 7.58. The summed E-state index contributed by atoms with van der Waals surface area (Å²) in [5.41, 5.74) is 1.40. The molecular weight excluding hydrogens is 440 g/mol. The maximum absolute atomic E-state index is 13.2. The average molecular weight is 477 g/mol. The number of aliphatic hydroxyl groups is 1. The highest BCUT2D eigenvalue weighted by Crippen LogP contribution is 2.48. The van der Waals surface area contributed by atoms with E-state index in [-0.39, 0.29) is 54.6 Å². The molecule has 33 heavy (non-hydrogen) atoms. The number of likely N-dealkylation sites (tertiary alicyclic amines) is 1. The van der Waals surface area contributed by atoms with Crippen molar-refractivity contribution < 1.29 is 29.0 Å². The number of anilines is 1. The number of carbonyl (C=O) groups excluding carboxylic acids is 2. The van der Waals surface area contributed by atoms with E-state index >= 15 is 0 Å². The van der Waals surface area contributed by atoms with E-state index in [2.05, 4.69) is 0 Å². The van der Waals surface area contributed by atoms with Crippen LogP contribution in [0.1, 0.15) is 44.3 Å². The first-order valence-corrected chi connectivity index (χ1v) is 14.9. The molecule has 0 spiro atoms. The lowest BCUT2D eigenvalue weighted by Gasteiger charge is -2.44. The Kier molecular flexibility index (Phi) is 6.86. The van der Waals surface area contributed by atoms with Gasteiger partial charge in [0.2, 0.25) is 11.8 Å². The van der Waals surface area contributed by atoms with Crippen LogP contribution in [0.4, 0.5) is 5.69 Å². The molecule has 0 aliphatic carbocycles. The zero-order valence-electron chi connectivity index (χ0n) is 20.0. The van der Waals surface area contributed by atoms with Gasteiger partial charge in [0.05, 0.1) is 18.8 Å². The SMILES string of the molecule is CO[C@H]1c2cc(N3CCC3=O)ccc2O[C@@H](C(CC(=O)N2CCC[C@H]2CO)[Si](C)(C)O)[C@@H]1C. The molecule has 1 unspecified atom stereocenters. The number of ether oxygens (including phenoxy) is 2. The van der Waals surface area contributed by atoms with E-state index in [9.17, 15) is 19.5 Å². The predicted molar refractivity (Wildman–Crippen MR) is 127 cm³/mol. The van der Waals surface area contributed by atoms with E-state index in [1.54, 1.807) is 16.9 Å². The van der Waals surface area contributed by atoms with Crippen LogP contribution in [0.3, 0.4) is 0 Å². The van der Waals surface area contributed by atoms with Crippen molar-refractivity contribution in [1.29, 1.82) is 0 Å². The van der Waals surface area contributed by atoms with Crippen molar-refractivity contribution in [2.45, 2.75) is 69.5 Å². The number of methoxy groups -OCH3 is 1. The number of aliphatic hydroxyl groups excluding tert-OH is 1. The summed E-state index contributed by atoms with van der Waals surface area (Å²) in [6.07, 6.45) is 1.79. The van der Waals surface area contributed by atoms with Crippen LogP contribution in [0, 0.1) is 5.92 Å². The number of hydrogen-bond acceptors (Lipinski definition) is 6. The summed E-state index contributed by atoms with van der Waals surface area (Å²) in [5, 5.41) is 9.65. The van der Waals surface area contributed by atoms with Gasteiger partial charge in [-0.25, -0.2) is 0 Å². The lowest BCUT2D eigenvalue weighted by molar-refractivity contribution is -0.133. The molecule has 3 aliphatic rings. The molecular formula is C24H36N2O6Si. The zero-order valence-corrected chi connectivity index (χ0v) is 21.0. The Labute approximate surface area is 196 Å². The van der Waals surface area contributed by atoms with Crippen molar-refractivity contribution in [1.82, 2.24) is 4.90 Å². The minimum atomic E-state index is -2.80. The van der Waals surface area contributed by atoms with Crippen LogP contribution in [-0.4, -0.2) is 73.9 Å². The summed E-state index contributed by atoms with van der Waals surface area (Å²) in [5.74, 6) is 0.648. The second kappa shape index (κ2) is 9.36. The van der Waals surface area contributed by atoms with Crippen molar-refractivity contribution in [3.63, 3.8) is 0 Å². The summed E-state index contributed by atoms with van der Waals surface area (Å²) in [7, 11) is -1.14. The molecule has 2 N–H and O–H groups in total. The second-order valence-corrected chi connectivity index (χ2v) is 14.2. The number of β-lactam (4-membered cyclic amide) rings is 1. The second-order valence-electron chi connectivity index (χ2n) is 10.1. The van der Waals surface area contributed by atoms with Gasteiger partial charge in [-0.05, 0) is 44.1 Å². The Morgan fingerprint density at radius 1 is 1.33 bits per heavy atom. The van der Waals surface area contributed by atoms with Gasteiger partial charge in [-0.15, -0.1) is 0 Å². The van der Waals surface area contributed by atoms with Crippen molar-refractivity contribution in [2.24, 2.45) is 5.92 Å². The fraction of sp³-hybridized carbons (Fsp3) is 0.667. The molecule has 1 aromatic rings. The van der Waals surface area contributed by atoms with E-state index in [1.807, 2.05) is 38.2 Å². The van der Waals surface area contributed by atoms with Gasteiger partial charge in [-0.2, -0.15) is 0 Å². The largest absolute Gasteiger partial charge is 0.490 e. The molecule has 2 saturated heterocycles. The monoisotopic (exact) mass is 476 g/mol. The molecule has 9 heteroatoms. The number of rotatable bonds is 7. The van der Waals surface area contributed by atoms with Crippen LogP contribution in [0.5, 0.6) is 5.75 Å². The Morgan fingerprint density at radius 2 is 2.09 bits per heavy atom. The number of nitrogens with zero attached hydrogens (tertiary/aromatic N) is 2. The first-order chi connectivity index (χ1) is 15.7. The third-order valence-corrected chi connectivity index (χ3v) is 9.93. The number of carbonyl (C=O) groups is 2. The van der Waals surface area contributed by atoms with Crippen LogP contribution in [0.15, 0.2) is 18.2 Å². The van der Waals surface area contributed by atoms with Gasteiger partial charge >= 0.3 is 0 Å². The van der Waals surface area contributed by atoms with E-state index < -0.39 is 8.32 Å². The Hall–Kier alpha value is -1.94. The van der Waals surface area contributed by atoms with Crippen LogP contribution in [0.2, 0.25) is 18.6 Å². The van der Waals surface area contributed by atoms with Crippen LogP contribution in [0.25, 0.3) is 0 Å². The fourth-order valence-corrected chi connectivity index (χ4v) is 7.40. The van der Waals surface area contributed by atoms with E-state index in [0.29, 0.717) is 25.3 Å². The van der Waals surface area contributed by atoms with Crippen LogP contribution in [-0.2, 0) is 14.3 Å². The molecule has 5 atom stereocenters. The van der Waals surface area contributed by atoms with Gasteiger partial charge in [0.15, 0.2) is 8.32 Å². The Morgan fingerprint density at radius 3 is 2.67 bits per heavy atom. The van der Waals surface area contributed by atoms with Crippen molar-refractivity contribution in [2.75, 3.05) is 31.7 Å². The minimum absolute atomic E-state index is 0.0339. The standard InChI is InChI=1S/C24H36N2O6Si/c1-15-23(31-2)18-12-16(26-11-9-21(26)28)7-8-19(18)32-24(15)20(33(3,4)30)13-22(29)25-10-5-6-17(25)14-27/h7-8,12,15,17,20,23-24,27,30H,5-6,9-11,13-14H2,1-4H3/t15-,17+,20?,23-,24-/m1/s1. The van der Waals surface area contributed by atoms with Crippen LogP contribution < -0.4 is 9.64 Å². The lowest BCUT2D eigenvalue weighted by Crippen LogP contribution is -2.50. The Bertz CT molecular complexity index is 903. The first kappa shape index (κ1) is 24.2. The fourth-order valence-electron chi connectivity index (χ4n) is 5.55. The maximum Gasteiger partial charge on any atom is 0.228 e. The lowest BCUT2D eigenvalue weighted by atomic mass is 9.86. The summed E-state index contributed by atoms with van der Waals surface area (Å²) in [6, 6.07) is 5.58. The van der Waals surface area contributed by atoms with E-state index in [4.69, 9.17) is 9.47 Å². The molecule has 3 heterocycles. The molecule has 1 aromatic carbocycles. The molecule has 2 amide bonds. The van der Waals surface area contributed by atoms with Gasteiger partial charge in [0.25, 0.3) is 0 Å². The summed E-state index contributed by atoms with van der Waals surface area (Å²) in [6.45, 7) is 7.07. The normalized spacial score (nSPS) is 28.2. The van der Waals surface area contributed by atoms with Gasteiger partial charge in [0, 0.05) is 55.8 Å². The molecule has 2 fully saturated rings. The molecule has 3 aliphatic heterocycles. The summed E-state index contributed by atoms with van der Waals surface area (Å²) >= 11 is 0. The van der Waals surface area contributed by atoms with Gasteiger partial charge in [-0.3, -0.25) is 9.59 Å². The van der Waals surface area contributed by atoms with Gasteiger partial charge in [0.1, 0.15) is 11.9 Å². The quantitative estimate of drug-likeness (QED) is 0.463. The predicted octanol–water partition coefficient (Wildman–Crippen LogP) is 2.45. The molecule has 0 saturated carbocycles. The maximum atomic E-state index is 13.2. The molecule has 8 nitrogen and oxygen atoms in total. The number of fused-ring (bicyclic) bond motifs is 1. The molecule has 0 radical (unpaired) electrons. The zero-order chi connectivity index (χ0) is 23.9. The molecule has 4 rings (SSSR count). The summed E-state index contributed by atoms with van der Waals surface area (Å²) in [4.78, 5) is 39.8. The van der Waals surface area contributed by atoms with E-state index in [0.717, 1.165) is 24.1 Å². The number of amides is 2. The smallest absolute Gasteiger partial charge is 0.228 e. The minimum Gasteiger partial charge on any atom is -0.490 e. The molecule has 0 bridgehead atoms. The molecule has 0 aromatic heterocycles. The topological polar surface area (TPSA) is 99.5 Å². The summed E-state index contributed by atoms with van der Waals surface area (Å²) < 4.78 is 12.4. The Balaban J connectivity index is 1.61. The van der Waals surface area contributed by atoms with Gasteiger partial charge in [-0.1, -0.05) is 6.92 Å². The van der Waals surface area contributed by atoms with Gasteiger partial charge < -0.3 is 29.2 Å². The first-order valence-electron chi connectivity index (χ1n) is 11.9. The number of benzene rings is 1. The molecule has 182 valence electrons. The van der Waals surface area contributed by atoms with Crippen molar-refractivity contribution in [3.05, 3.63) is 23.8 Å². The van der Waals surface area contributed by atoms with Crippen LogP contribution >= 0.6 is 0 Å².